The molecule has 0 radical (unpaired) electrons. The van der Waals surface area contributed by atoms with E-state index >= 15 is 0 Å². The molecular formula is C22H25N3O3. The van der Waals surface area contributed by atoms with Crippen molar-refractivity contribution >= 4 is 23.3 Å². The van der Waals surface area contributed by atoms with Gasteiger partial charge in [-0.3, -0.25) is 9.89 Å². The summed E-state index contributed by atoms with van der Waals surface area (Å²) in [6, 6.07) is 14.1. The minimum absolute atomic E-state index is 0.152. The molecule has 0 aliphatic rings. The summed E-state index contributed by atoms with van der Waals surface area (Å²) in [6.07, 6.45) is 0.348. The number of rotatable bonds is 5. The number of benzene rings is 2. The van der Waals surface area contributed by atoms with Gasteiger partial charge in [0.15, 0.2) is 6.29 Å². The van der Waals surface area contributed by atoms with Gasteiger partial charge in [0.25, 0.3) is 0 Å². The molecule has 0 bridgehead atoms. The van der Waals surface area contributed by atoms with Crippen LogP contribution in [-0.4, -0.2) is 34.7 Å². The fourth-order valence-corrected chi connectivity index (χ4v) is 2.98. The van der Waals surface area contributed by atoms with E-state index < -0.39 is 11.7 Å². The third-order valence-corrected chi connectivity index (χ3v) is 4.47. The highest BCUT2D eigenvalue weighted by atomic mass is 16.6. The summed E-state index contributed by atoms with van der Waals surface area (Å²) < 4.78 is 5.27. The molecule has 1 atom stereocenters. The van der Waals surface area contributed by atoms with E-state index in [1.807, 2.05) is 51.1 Å². The third-order valence-electron chi connectivity index (χ3n) is 4.47. The maximum atomic E-state index is 11.8. The number of nitrogens with one attached hydrogen (secondary N) is 2. The number of aldehydes is 1. The summed E-state index contributed by atoms with van der Waals surface area (Å²) in [4.78, 5) is 22.9. The lowest BCUT2D eigenvalue weighted by atomic mass is 9.97. The van der Waals surface area contributed by atoms with Crippen LogP contribution in [0.2, 0.25) is 0 Å². The number of alkyl carbamates (subject to hydrolysis) is 1. The van der Waals surface area contributed by atoms with Gasteiger partial charge in [-0.05, 0) is 55.5 Å². The Morgan fingerprint density at radius 3 is 2.50 bits per heavy atom. The van der Waals surface area contributed by atoms with E-state index in [0.717, 1.165) is 33.9 Å². The maximum absolute atomic E-state index is 11.8. The average molecular weight is 379 g/mol. The van der Waals surface area contributed by atoms with Gasteiger partial charge in [-0.1, -0.05) is 37.3 Å². The Morgan fingerprint density at radius 2 is 1.86 bits per heavy atom. The Hall–Kier alpha value is -3.15. The molecule has 0 saturated heterocycles. The number of aromatic nitrogens is 2. The fourth-order valence-electron chi connectivity index (χ4n) is 2.98. The van der Waals surface area contributed by atoms with Gasteiger partial charge in [0.2, 0.25) is 0 Å². The molecule has 2 aromatic carbocycles. The Bertz CT molecular complexity index is 984. The van der Waals surface area contributed by atoms with E-state index in [4.69, 9.17) is 4.74 Å². The highest BCUT2D eigenvalue weighted by molar-refractivity contribution is 5.96. The SMILES string of the molecule is CC(CNC(=O)OC(C)(C)C)c1ccc(-c2ccc3[nH]nc(C=O)c3c2)cc1. The Labute approximate surface area is 164 Å². The lowest BCUT2D eigenvalue weighted by Gasteiger charge is -2.21. The van der Waals surface area contributed by atoms with E-state index in [9.17, 15) is 9.59 Å². The Balaban J connectivity index is 1.69. The average Bonchev–Trinajstić information content (AvgIpc) is 3.07. The topological polar surface area (TPSA) is 84.1 Å². The van der Waals surface area contributed by atoms with Crippen molar-refractivity contribution in [3.05, 3.63) is 53.7 Å². The minimum atomic E-state index is -0.505. The molecule has 6 nitrogen and oxygen atoms in total. The second-order valence-electron chi connectivity index (χ2n) is 7.89. The molecule has 3 aromatic rings. The van der Waals surface area contributed by atoms with Gasteiger partial charge in [0.1, 0.15) is 11.3 Å². The number of fused-ring (bicyclic) bond motifs is 1. The Kier molecular flexibility index (Phi) is 5.49. The van der Waals surface area contributed by atoms with E-state index in [-0.39, 0.29) is 5.92 Å². The van der Waals surface area contributed by atoms with Crippen LogP contribution in [-0.2, 0) is 4.74 Å². The number of carbonyl (C=O) groups is 2. The molecule has 146 valence electrons. The first-order valence-electron chi connectivity index (χ1n) is 9.27. The number of aromatic amines is 1. The minimum Gasteiger partial charge on any atom is -0.444 e. The smallest absolute Gasteiger partial charge is 0.407 e. The summed E-state index contributed by atoms with van der Waals surface area (Å²) in [5.41, 5.74) is 3.94. The molecule has 6 heteroatoms. The van der Waals surface area contributed by atoms with Crippen molar-refractivity contribution in [2.24, 2.45) is 0 Å². The number of hydrogen-bond donors (Lipinski definition) is 2. The van der Waals surface area contributed by atoms with Crippen molar-refractivity contribution in [3.8, 4) is 11.1 Å². The molecule has 1 aromatic heterocycles. The van der Waals surface area contributed by atoms with Gasteiger partial charge < -0.3 is 10.1 Å². The predicted octanol–water partition coefficient (Wildman–Crippen LogP) is 4.67. The summed E-state index contributed by atoms with van der Waals surface area (Å²) in [5, 5.41) is 10.5. The summed E-state index contributed by atoms with van der Waals surface area (Å²) in [7, 11) is 0. The molecule has 1 amide bonds. The zero-order chi connectivity index (χ0) is 20.3. The molecule has 0 aliphatic carbocycles. The van der Waals surface area contributed by atoms with Gasteiger partial charge in [0.05, 0.1) is 5.52 Å². The van der Waals surface area contributed by atoms with Crippen LogP contribution in [0.3, 0.4) is 0 Å². The van der Waals surface area contributed by atoms with Crippen LogP contribution >= 0.6 is 0 Å². The van der Waals surface area contributed by atoms with Crippen molar-refractivity contribution in [1.29, 1.82) is 0 Å². The quantitative estimate of drug-likeness (QED) is 0.631. The van der Waals surface area contributed by atoms with Gasteiger partial charge in [0, 0.05) is 11.9 Å². The molecule has 28 heavy (non-hydrogen) atoms. The first-order valence-corrected chi connectivity index (χ1v) is 9.27. The van der Waals surface area contributed by atoms with Gasteiger partial charge in [-0.15, -0.1) is 0 Å². The third kappa shape index (κ3) is 4.57. The first-order chi connectivity index (χ1) is 13.3. The zero-order valence-corrected chi connectivity index (χ0v) is 16.6. The molecule has 1 heterocycles. The van der Waals surface area contributed by atoms with E-state index in [2.05, 4.69) is 34.6 Å². The lowest BCUT2D eigenvalue weighted by molar-refractivity contribution is 0.0525. The summed E-state index contributed by atoms with van der Waals surface area (Å²) in [5.74, 6) is 0.152. The van der Waals surface area contributed by atoms with Crippen molar-refractivity contribution in [2.45, 2.75) is 39.2 Å². The van der Waals surface area contributed by atoms with Crippen LogP contribution in [0, 0.1) is 0 Å². The number of H-pyrrole nitrogens is 1. The normalized spacial score (nSPS) is 12.6. The van der Waals surface area contributed by atoms with Crippen LogP contribution in [0.25, 0.3) is 22.0 Å². The summed E-state index contributed by atoms with van der Waals surface area (Å²) in [6.45, 7) is 8.08. The Morgan fingerprint density at radius 1 is 1.18 bits per heavy atom. The number of amides is 1. The number of nitrogens with zero attached hydrogens (tertiary/aromatic N) is 1. The molecule has 3 rings (SSSR count). The van der Waals surface area contributed by atoms with Crippen molar-refractivity contribution in [3.63, 3.8) is 0 Å². The van der Waals surface area contributed by atoms with Crippen LogP contribution in [0.1, 0.15) is 49.7 Å². The second-order valence-corrected chi connectivity index (χ2v) is 7.89. The second kappa shape index (κ2) is 7.84. The standard InChI is InChI=1S/C22H25N3O3/c1-14(12-23-21(27)28-22(2,3)4)15-5-7-16(8-6-15)17-9-10-19-18(11-17)20(13-26)25-24-19/h5-11,13-14H,12H2,1-4H3,(H,23,27)(H,24,25). The van der Waals surface area contributed by atoms with Crippen LogP contribution in [0.4, 0.5) is 4.79 Å². The molecule has 0 fully saturated rings. The first kappa shape index (κ1) is 19.6. The maximum Gasteiger partial charge on any atom is 0.407 e. The molecule has 0 aliphatic heterocycles. The van der Waals surface area contributed by atoms with Crippen LogP contribution in [0.15, 0.2) is 42.5 Å². The van der Waals surface area contributed by atoms with Gasteiger partial charge in [-0.25, -0.2) is 4.79 Å². The van der Waals surface area contributed by atoms with Crippen molar-refractivity contribution in [1.82, 2.24) is 15.5 Å². The predicted molar refractivity (Wildman–Crippen MR) is 110 cm³/mol. The van der Waals surface area contributed by atoms with Crippen LogP contribution in [0.5, 0.6) is 0 Å². The lowest BCUT2D eigenvalue weighted by Crippen LogP contribution is -2.34. The zero-order valence-electron chi connectivity index (χ0n) is 16.6. The summed E-state index contributed by atoms with van der Waals surface area (Å²) >= 11 is 0. The van der Waals surface area contributed by atoms with E-state index in [1.54, 1.807) is 0 Å². The highest BCUT2D eigenvalue weighted by Gasteiger charge is 2.17. The van der Waals surface area contributed by atoms with E-state index in [0.29, 0.717) is 12.2 Å². The van der Waals surface area contributed by atoms with E-state index in [1.165, 1.54) is 0 Å². The number of ether oxygens (including phenoxy) is 1. The van der Waals surface area contributed by atoms with Crippen LogP contribution < -0.4 is 5.32 Å². The molecule has 0 saturated carbocycles. The monoisotopic (exact) mass is 379 g/mol. The molecule has 2 N–H and O–H groups in total. The fraction of sp³-hybridized carbons (Fsp3) is 0.318. The van der Waals surface area contributed by atoms with Gasteiger partial charge in [-0.2, -0.15) is 5.10 Å². The van der Waals surface area contributed by atoms with Gasteiger partial charge >= 0.3 is 6.09 Å². The molecular weight excluding hydrogens is 354 g/mol. The van der Waals surface area contributed by atoms with Crippen molar-refractivity contribution < 1.29 is 14.3 Å². The number of carbonyl (C=O) groups excluding carboxylic acids is 2. The highest BCUT2D eigenvalue weighted by Crippen LogP contribution is 2.26. The largest absolute Gasteiger partial charge is 0.444 e. The molecule has 1 unspecified atom stereocenters. The molecule has 0 spiro atoms. The van der Waals surface area contributed by atoms with Crippen molar-refractivity contribution in [2.75, 3.05) is 6.54 Å². The number of hydrogen-bond acceptors (Lipinski definition) is 4.